The van der Waals surface area contributed by atoms with Crippen LogP contribution >= 0.6 is 0 Å². The van der Waals surface area contributed by atoms with E-state index < -0.39 is 18.5 Å². The molecule has 0 saturated carbocycles. The zero-order chi connectivity index (χ0) is 15.2. The maximum absolute atomic E-state index is 13.7. The fourth-order valence-corrected chi connectivity index (χ4v) is 1.90. The Morgan fingerprint density at radius 2 is 1.90 bits per heavy atom. The van der Waals surface area contributed by atoms with Crippen molar-refractivity contribution in [1.29, 1.82) is 0 Å². The third kappa shape index (κ3) is 5.88. The van der Waals surface area contributed by atoms with E-state index in [1.54, 1.807) is 19.1 Å². The molecule has 0 amide bonds. The average molecular weight is 292 g/mol. The van der Waals surface area contributed by atoms with Gasteiger partial charge in [0.25, 0.3) is 0 Å². The molecule has 0 fully saturated rings. The predicted molar refractivity (Wildman–Crippen MR) is 70.8 cm³/mol. The van der Waals surface area contributed by atoms with E-state index in [-0.39, 0.29) is 13.1 Å². The van der Waals surface area contributed by atoms with Crippen LogP contribution in [0.2, 0.25) is 0 Å². The first-order valence-electron chi connectivity index (χ1n) is 6.62. The zero-order valence-electron chi connectivity index (χ0n) is 11.7. The summed E-state index contributed by atoms with van der Waals surface area (Å²) >= 11 is 0. The van der Waals surface area contributed by atoms with Gasteiger partial charge in [-0.1, -0.05) is 26.0 Å². The van der Waals surface area contributed by atoms with Gasteiger partial charge in [0.2, 0.25) is 0 Å². The van der Waals surface area contributed by atoms with Gasteiger partial charge in [0.1, 0.15) is 5.82 Å². The minimum absolute atomic E-state index is 0.0399. The Balaban J connectivity index is 2.78. The molecule has 1 N–H and O–H groups in total. The van der Waals surface area contributed by atoms with Crippen molar-refractivity contribution in [3.05, 3.63) is 35.1 Å². The van der Waals surface area contributed by atoms with E-state index in [1.807, 2.05) is 6.92 Å². The van der Waals surface area contributed by atoms with Gasteiger partial charge in [0.05, 0.1) is 6.54 Å². The number of hydrogen-bond donors (Lipinski definition) is 1. The molecule has 0 unspecified atom stereocenters. The van der Waals surface area contributed by atoms with Gasteiger partial charge in [-0.15, -0.1) is 0 Å². The molecular formula is C14H20F4N2. The van der Waals surface area contributed by atoms with Crippen LogP contribution in [0.4, 0.5) is 17.6 Å². The fraction of sp³-hybridized carbons (Fsp3) is 0.571. The highest BCUT2D eigenvalue weighted by Gasteiger charge is 2.30. The molecule has 1 aromatic rings. The van der Waals surface area contributed by atoms with Crippen LogP contribution in [0.15, 0.2) is 18.2 Å². The lowest BCUT2D eigenvalue weighted by Crippen LogP contribution is -2.33. The van der Waals surface area contributed by atoms with Gasteiger partial charge in [-0.05, 0) is 24.7 Å². The van der Waals surface area contributed by atoms with E-state index in [9.17, 15) is 17.6 Å². The summed E-state index contributed by atoms with van der Waals surface area (Å²) in [4.78, 5) is 1.18. The molecule has 1 rings (SSSR count). The monoisotopic (exact) mass is 292 g/mol. The van der Waals surface area contributed by atoms with Crippen molar-refractivity contribution in [3.8, 4) is 0 Å². The lowest BCUT2D eigenvalue weighted by Gasteiger charge is -2.22. The number of halogens is 4. The highest BCUT2D eigenvalue weighted by molar-refractivity contribution is 5.25. The lowest BCUT2D eigenvalue weighted by molar-refractivity contribution is -0.146. The average Bonchev–Trinajstić information content (AvgIpc) is 2.37. The van der Waals surface area contributed by atoms with Crippen molar-refractivity contribution in [2.45, 2.75) is 33.1 Å². The summed E-state index contributed by atoms with van der Waals surface area (Å²) in [7, 11) is 0. The summed E-state index contributed by atoms with van der Waals surface area (Å²) in [6, 6.07) is 4.57. The predicted octanol–water partition coefficient (Wildman–Crippen LogP) is 3.32. The second-order valence-electron chi connectivity index (χ2n) is 4.62. The smallest absolute Gasteiger partial charge is 0.313 e. The molecule has 0 saturated heterocycles. The first-order chi connectivity index (χ1) is 9.35. The van der Waals surface area contributed by atoms with E-state index >= 15 is 0 Å². The minimum Gasteiger partial charge on any atom is -0.313 e. The fourth-order valence-electron chi connectivity index (χ4n) is 1.90. The molecule has 2 nitrogen and oxygen atoms in total. The van der Waals surface area contributed by atoms with Crippen LogP contribution in [-0.2, 0) is 13.1 Å². The van der Waals surface area contributed by atoms with Gasteiger partial charge in [-0.2, -0.15) is 13.2 Å². The van der Waals surface area contributed by atoms with Crippen molar-refractivity contribution in [1.82, 2.24) is 10.2 Å². The number of rotatable bonds is 7. The van der Waals surface area contributed by atoms with Crippen molar-refractivity contribution in [2.75, 3.05) is 19.6 Å². The van der Waals surface area contributed by atoms with Gasteiger partial charge >= 0.3 is 6.18 Å². The molecule has 0 heterocycles. The molecule has 1 aromatic carbocycles. The van der Waals surface area contributed by atoms with E-state index in [1.165, 1.54) is 11.0 Å². The Bertz CT molecular complexity index is 418. The number of nitrogens with zero attached hydrogens (tertiary/aromatic N) is 1. The molecule has 20 heavy (non-hydrogen) atoms. The number of nitrogens with one attached hydrogen (secondary N) is 1. The maximum Gasteiger partial charge on any atom is 0.401 e. The molecule has 0 aliphatic heterocycles. The molecule has 0 atom stereocenters. The topological polar surface area (TPSA) is 15.3 Å². The third-order valence-corrected chi connectivity index (χ3v) is 2.93. The van der Waals surface area contributed by atoms with Crippen molar-refractivity contribution >= 4 is 0 Å². The van der Waals surface area contributed by atoms with E-state index in [4.69, 9.17) is 0 Å². The van der Waals surface area contributed by atoms with Gasteiger partial charge in [-0.3, -0.25) is 4.90 Å². The van der Waals surface area contributed by atoms with Gasteiger partial charge < -0.3 is 5.32 Å². The van der Waals surface area contributed by atoms with Crippen molar-refractivity contribution in [2.24, 2.45) is 0 Å². The molecular weight excluding hydrogens is 272 g/mol. The molecule has 114 valence electrons. The molecule has 6 heteroatoms. The largest absolute Gasteiger partial charge is 0.401 e. The van der Waals surface area contributed by atoms with Crippen LogP contribution in [0.1, 0.15) is 25.0 Å². The maximum atomic E-state index is 13.7. The second-order valence-corrected chi connectivity index (χ2v) is 4.62. The van der Waals surface area contributed by atoms with Crippen LogP contribution in [0.3, 0.4) is 0 Å². The van der Waals surface area contributed by atoms with E-state index in [0.29, 0.717) is 12.1 Å². The van der Waals surface area contributed by atoms with Gasteiger partial charge in [-0.25, -0.2) is 4.39 Å². The summed E-state index contributed by atoms with van der Waals surface area (Å²) in [5.74, 6) is -0.467. The summed E-state index contributed by atoms with van der Waals surface area (Å²) in [5, 5.41) is 3.10. The van der Waals surface area contributed by atoms with Crippen molar-refractivity contribution in [3.63, 3.8) is 0 Å². The van der Waals surface area contributed by atoms with Crippen LogP contribution in [0.5, 0.6) is 0 Å². The zero-order valence-corrected chi connectivity index (χ0v) is 11.7. The Morgan fingerprint density at radius 3 is 2.45 bits per heavy atom. The third-order valence-electron chi connectivity index (χ3n) is 2.93. The second kappa shape index (κ2) is 7.59. The van der Waals surface area contributed by atoms with E-state index in [2.05, 4.69) is 5.32 Å². The summed E-state index contributed by atoms with van der Waals surface area (Å²) in [6.45, 7) is 4.09. The SMILES string of the molecule is CCNCc1ccc(F)c(CN(CC)CC(F)(F)F)c1. The number of alkyl halides is 3. The minimum atomic E-state index is -4.27. The molecule has 0 bridgehead atoms. The number of benzene rings is 1. The van der Waals surface area contributed by atoms with Gasteiger partial charge in [0.15, 0.2) is 0 Å². The van der Waals surface area contributed by atoms with Crippen LogP contribution < -0.4 is 5.32 Å². The Morgan fingerprint density at radius 1 is 1.20 bits per heavy atom. The van der Waals surface area contributed by atoms with Crippen molar-refractivity contribution < 1.29 is 17.6 Å². The number of hydrogen-bond acceptors (Lipinski definition) is 2. The summed E-state index contributed by atoms with van der Waals surface area (Å²) < 4.78 is 50.9. The molecule has 0 spiro atoms. The highest BCUT2D eigenvalue weighted by atomic mass is 19.4. The summed E-state index contributed by atoms with van der Waals surface area (Å²) in [6.07, 6.45) is -4.27. The lowest BCUT2D eigenvalue weighted by atomic mass is 10.1. The first kappa shape index (κ1) is 16.9. The Kier molecular flexibility index (Phi) is 6.42. The quantitative estimate of drug-likeness (QED) is 0.776. The normalized spacial score (nSPS) is 12.2. The van der Waals surface area contributed by atoms with Crippen LogP contribution in [-0.4, -0.2) is 30.7 Å². The van der Waals surface area contributed by atoms with Crippen LogP contribution in [0.25, 0.3) is 0 Å². The molecule has 0 aromatic heterocycles. The molecule has 0 aliphatic carbocycles. The highest BCUT2D eigenvalue weighted by Crippen LogP contribution is 2.19. The van der Waals surface area contributed by atoms with Crippen LogP contribution in [0, 0.1) is 5.82 Å². The standard InChI is InChI=1S/C14H20F4N2/c1-3-19-8-11-5-6-13(15)12(7-11)9-20(4-2)10-14(16,17)18/h5-7,19H,3-4,8-10H2,1-2H3. The molecule has 0 radical (unpaired) electrons. The van der Waals surface area contributed by atoms with Gasteiger partial charge in [0, 0.05) is 18.7 Å². The first-order valence-corrected chi connectivity index (χ1v) is 6.62. The Labute approximate surface area is 116 Å². The van der Waals surface area contributed by atoms with E-state index in [0.717, 1.165) is 12.1 Å². The Hall–Kier alpha value is -1.14. The molecule has 0 aliphatic rings. The summed E-state index contributed by atoms with van der Waals surface area (Å²) in [5.41, 5.74) is 1.16.